The number of benzene rings is 2. The first-order valence-corrected chi connectivity index (χ1v) is 15.5. The van der Waals surface area contributed by atoms with Gasteiger partial charge in [-0.1, -0.05) is 6.92 Å². The minimum absolute atomic E-state index is 0.00379. The Morgan fingerprint density at radius 1 is 1.07 bits per heavy atom. The van der Waals surface area contributed by atoms with E-state index in [0.717, 1.165) is 29.7 Å². The lowest BCUT2D eigenvalue weighted by Gasteiger charge is -2.18. The maximum atomic E-state index is 13.1. The van der Waals surface area contributed by atoms with Crippen LogP contribution in [0.25, 0.3) is 0 Å². The topological polar surface area (TPSA) is 125 Å². The maximum absolute atomic E-state index is 13.1. The molecule has 10 nitrogen and oxygen atoms in total. The summed E-state index contributed by atoms with van der Waals surface area (Å²) >= 11 is 1.44. The third kappa shape index (κ3) is 8.16. The number of nitrogens with one attached hydrogen (secondary N) is 2. The highest BCUT2D eigenvalue weighted by molar-refractivity contribution is 7.17. The molecule has 0 saturated heterocycles. The number of thiophene rings is 1. The van der Waals surface area contributed by atoms with Crippen LogP contribution in [0.15, 0.2) is 47.6 Å². The Morgan fingerprint density at radius 3 is 2.50 bits per heavy atom. The van der Waals surface area contributed by atoms with Gasteiger partial charge in [0.15, 0.2) is 17.6 Å². The third-order valence-corrected chi connectivity index (χ3v) is 8.13. The summed E-state index contributed by atoms with van der Waals surface area (Å²) in [6.07, 6.45) is 3.30. The number of esters is 1. The zero-order valence-electron chi connectivity index (χ0n) is 25.9. The highest BCUT2D eigenvalue weighted by Crippen LogP contribution is 2.40. The number of rotatable bonds is 12. The second-order valence-electron chi connectivity index (χ2n) is 10.8. The van der Waals surface area contributed by atoms with Gasteiger partial charge < -0.3 is 24.3 Å². The van der Waals surface area contributed by atoms with E-state index in [2.05, 4.69) is 22.8 Å². The Bertz CT molecular complexity index is 1510. The normalized spacial score (nSPS) is 14.9. The van der Waals surface area contributed by atoms with Gasteiger partial charge in [-0.05, 0) is 106 Å². The highest BCUT2D eigenvalue weighted by Gasteiger charge is 2.29. The van der Waals surface area contributed by atoms with Crippen LogP contribution in [-0.2, 0) is 22.4 Å². The number of hydrogen-bond acceptors (Lipinski definition) is 9. The van der Waals surface area contributed by atoms with E-state index >= 15 is 0 Å². The van der Waals surface area contributed by atoms with E-state index in [-0.39, 0.29) is 18.6 Å². The van der Waals surface area contributed by atoms with E-state index in [1.54, 1.807) is 63.4 Å². The van der Waals surface area contributed by atoms with Crippen LogP contribution in [0.3, 0.4) is 0 Å². The first kappa shape index (κ1) is 32.5. The molecule has 2 N–H and O–H groups in total. The summed E-state index contributed by atoms with van der Waals surface area (Å²) in [6, 6.07) is 11.8. The second-order valence-corrected chi connectivity index (χ2v) is 11.9. The van der Waals surface area contributed by atoms with Gasteiger partial charge >= 0.3 is 5.97 Å². The highest BCUT2D eigenvalue weighted by atomic mass is 32.1. The number of nitrogens with zero attached hydrogens (tertiary/aromatic N) is 1. The van der Waals surface area contributed by atoms with Crippen LogP contribution < -0.4 is 25.0 Å². The number of fused-ring (bicyclic) bond motifs is 1. The number of methoxy groups -OCH3 is 1. The molecule has 2 unspecified atom stereocenters. The number of ether oxygens (including phenoxy) is 4. The summed E-state index contributed by atoms with van der Waals surface area (Å²) < 4.78 is 22.1. The average molecular weight is 622 g/mol. The van der Waals surface area contributed by atoms with E-state index in [1.165, 1.54) is 17.6 Å². The molecular weight excluding hydrogens is 582 g/mol. The smallest absolute Gasteiger partial charge is 0.341 e. The number of hydrazone groups is 1. The van der Waals surface area contributed by atoms with Crippen molar-refractivity contribution in [3.63, 3.8) is 0 Å². The molecule has 0 spiro atoms. The number of anilines is 1. The fraction of sp³-hybridized carbons (Fsp3) is 0.394. The quantitative estimate of drug-likeness (QED) is 0.144. The minimum Gasteiger partial charge on any atom is -0.493 e. The monoisotopic (exact) mass is 621 g/mol. The Hall–Kier alpha value is -4.38. The van der Waals surface area contributed by atoms with E-state index < -0.39 is 18.0 Å². The Balaban J connectivity index is 1.35. The van der Waals surface area contributed by atoms with Crippen LogP contribution in [0, 0.1) is 5.92 Å². The van der Waals surface area contributed by atoms with Crippen LogP contribution in [0.5, 0.6) is 17.2 Å². The first-order valence-electron chi connectivity index (χ1n) is 14.7. The standard InChI is InChI=1S/C33H39N3O7S/c1-7-41-33(39)29-25-14-8-20(4)16-28(25)44-32(29)35-31(38)23-10-12-24(13-11-23)43-21(5)30(37)36-34-18-22-9-15-26(42-19(2)3)27(17-22)40-6/h9-13,15,17-21H,7-8,14,16H2,1-6H3,(H,35,38)(H,36,37)/b34-18+. The lowest BCUT2D eigenvalue weighted by atomic mass is 9.88. The summed E-state index contributed by atoms with van der Waals surface area (Å²) in [6.45, 7) is 9.67. The lowest BCUT2D eigenvalue weighted by molar-refractivity contribution is -0.127. The van der Waals surface area contributed by atoms with Crippen LogP contribution in [0.4, 0.5) is 5.00 Å². The molecule has 2 amide bonds. The van der Waals surface area contributed by atoms with Gasteiger partial charge in [0, 0.05) is 10.4 Å². The predicted octanol–water partition coefficient (Wildman–Crippen LogP) is 6.02. The van der Waals surface area contributed by atoms with Gasteiger partial charge in [-0.3, -0.25) is 9.59 Å². The van der Waals surface area contributed by atoms with Crippen molar-refractivity contribution in [1.82, 2.24) is 5.43 Å². The third-order valence-electron chi connectivity index (χ3n) is 6.96. The van der Waals surface area contributed by atoms with Crippen molar-refractivity contribution in [3.05, 3.63) is 69.6 Å². The van der Waals surface area contributed by atoms with E-state index in [9.17, 15) is 14.4 Å². The first-order chi connectivity index (χ1) is 21.1. The van der Waals surface area contributed by atoms with Gasteiger partial charge in [-0.25, -0.2) is 10.2 Å². The van der Waals surface area contributed by atoms with Crippen LogP contribution in [0.1, 0.15) is 77.8 Å². The van der Waals surface area contributed by atoms with E-state index in [0.29, 0.717) is 44.9 Å². The number of carbonyl (C=O) groups excluding carboxylic acids is 3. The molecule has 3 aromatic rings. The van der Waals surface area contributed by atoms with Crippen molar-refractivity contribution in [2.45, 2.75) is 66.1 Å². The summed E-state index contributed by atoms with van der Waals surface area (Å²) in [4.78, 5) is 39.6. The molecule has 44 heavy (non-hydrogen) atoms. The van der Waals surface area contributed by atoms with Crippen molar-refractivity contribution in [2.24, 2.45) is 11.0 Å². The second kappa shape index (κ2) is 14.9. The predicted molar refractivity (Wildman–Crippen MR) is 170 cm³/mol. The van der Waals surface area contributed by atoms with Crippen molar-refractivity contribution < 1.29 is 33.3 Å². The van der Waals surface area contributed by atoms with Gasteiger partial charge in [0.2, 0.25) is 0 Å². The summed E-state index contributed by atoms with van der Waals surface area (Å²) in [5.41, 5.74) is 5.02. The lowest BCUT2D eigenvalue weighted by Crippen LogP contribution is -2.33. The molecule has 11 heteroatoms. The zero-order chi connectivity index (χ0) is 31.8. The molecule has 4 rings (SSSR count). The molecule has 1 aliphatic carbocycles. The molecule has 0 aliphatic heterocycles. The molecule has 0 bridgehead atoms. The largest absolute Gasteiger partial charge is 0.493 e. The number of carbonyl (C=O) groups is 3. The number of hydrogen-bond donors (Lipinski definition) is 2. The Kier molecular flexibility index (Phi) is 11.0. The molecule has 1 aromatic heterocycles. The molecule has 0 radical (unpaired) electrons. The van der Waals surface area contributed by atoms with Crippen LogP contribution in [0.2, 0.25) is 0 Å². The summed E-state index contributed by atoms with van der Waals surface area (Å²) in [5, 5.41) is 7.45. The maximum Gasteiger partial charge on any atom is 0.341 e. The fourth-order valence-corrected chi connectivity index (χ4v) is 6.15. The Labute approximate surface area is 261 Å². The van der Waals surface area contributed by atoms with E-state index in [1.807, 2.05) is 13.8 Å². The zero-order valence-corrected chi connectivity index (χ0v) is 26.7. The molecule has 1 aliphatic rings. The molecule has 0 saturated carbocycles. The van der Waals surface area contributed by atoms with Crippen LogP contribution in [-0.4, -0.2) is 49.9 Å². The minimum atomic E-state index is -0.852. The Morgan fingerprint density at radius 2 is 1.82 bits per heavy atom. The molecule has 0 fully saturated rings. The van der Waals surface area contributed by atoms with Gasteiger partial charge in [0.25, 0.3) is 11.8 Å². The van der Waals surface area contributed by atoms with Gasteiger partial charge in [0.05, 0.1) is 31.6 Å². The SMILES string of the molecule is CCOC(=O)c1c(NC(=O)c2ccc(OC(C)C(=O)N/N=C/c3ccc(OC(C)C)c(OC)c3)cc2)sc2c1CCC(C)C2. The van der Waals surface area contributed by atoms with Crippen LogP contribution >= 0.6 is 11.3 Å². The molecule has 234 valence electrons. The average Bonchev–Trinajstić information content (AvgIpc) is 3.34. The van der Waals surface area contributed by atoms with Crippen molar-refractivity contribution in [1.29, 1.82) is 0 Å². The van der Waals surface area contributed by atoms with Gasteiger partial charge in [-0.15, -0.1) is 11.3 Å². The van der Waals surface area contributed by atoms with Gasteiger partial charge in [0.1, 0.15) is 10.8 Å². The summed E-state index contributed by atoms with van der Waals surface area (Å²) in [7, 11) is 1.56. The fourth-order valence-electron chi connectivity index (χ4n) is 4.75. The molecule has 2 atom stereocenters. The molecule has 1 heterocycles. The number of amides is 2. The van der Waals surface area contributed by atoms with E-state index in [4.69, 9.17) is 18.9 Å². The van der Waals surface area contributed by atoms with Crippen molar-refractivity contribution in [3.8, 4) is 17.2 Å². The van der Waals surface area contributed by atoms with Gasteiger partial charge in [-0.2, -0.15) is 5.10 Å². The van der Waals surface area contributed by atoms with Crippen molar-refractivity contribution >= 4 is 40.3 Å². The molecular formula is C33H39N3O7S. The summed E-state index contributed by atoms with van der Waals surface area (Å²) in [5.74, 6) is 0.902. The molecule has 2 aromatic carbocycles. The van der Waals surface area contributed by atoms with Crippen molar-refractivity contribution in [2.75, 3.05) is 19.0 Å².